The van der Waals surface area contributed by atoms with Gasteiger partial charge in [0.2, 0.25) is 0 Å². The second kappa shape index (κ2) is 6.68. The lowest BCUT2D eigenvalue weighted by Crippen LogP contribution is -2.22. The van der Waals surface area contributed by atoms with Crippen LogP contribution in [0.2, 0.25) is 0 Å². The van der Waals surface area contributed by atoms with Crippen LogP contribution in [0.3, 0.4) is 0 Å². The minimum atomic E-state index is 0.111. The van der Waals surface area contributed by atoms with Crippen LogP contribution in [-0.2, 0) is 0 Å². The van der Waals surface area contributed by atoms with Gasteiger partial charge >= 0.3 is 0 Å². The molecule has 0 radical (unpaired) electrons. The molecule has 0 rings (SSSR count). The Morgan fingerprint density at radius 1 is 1.14 bits per heavy atom. The summed E-state index contributed by atoms with van der Waals surface area (Å²) in [6.45, 7) is 13.9. The van der Waals surface area contributed by atoms with Crippen molar-refractivity contribution in [2.24, 2.45) is 5.41 Å². The van der Waals surface area contributed by atoms with E-state index in [-0.39, 0.29) is 5.41 Å². The Morgan fingerprint density at radius 3 is 2.14 bits per heavy atom. The fourth-order valence-corrected chi connectivity index (χ4v) is 1.00. The Kier molecular flexibility index (Phi) is 6.32. The standard InChI is InChI=1S/C13H23N/c1-6-14(7-2)12-10-8-9-11-13(3,4)5/h8,10H,6-7,12H2,1-5H3/b10-8+. The summed E-state index contributed by atoms with van der Waals surface area (Å²) in [5.74, 6) is 6.25. The number of hydrogen-bond acceptors (Lipinski definition) is 1. The van der Waals surface area contributed by atoms with Gasteiger partial charge in [0.15, 0.2) is 0 Å². The molecule has 0 aliphatic carbocycles. The third kappa shape index (κ3) is 7.89. The van der Waals surface area contributed by atoms with Gasteiger partial charge in [0.25, 0.3) is 0 Å². The van der Waals surface area contributed by atoms with Crippen molar-refractivity contribution in [1.82, 2.24) is 4.90 Å². The van der Waals surface area contributed by atoms with Crippen LogP contribution in [-0.4, -0.2) is 24.5 Å². The van der Waals surface area contributed by atoms with E-state index in [9.17, 15) is 0 Å². The van der Waals surface area contributed by atoms with Gasteiger partial charge in [-0.25, -0.2) is 0 Å². The highest BCUT2D eigenvalue weighted by molar-refractivity contribution is 5.19. The Labute approximate surface area is 89.2 Å². The Bertz CT molecular complexity index is 218. The van der Waals surface area contributed by atoms with E-state index in [1.807, 2.05) is 6.08 Å². The molecule has 1 nitrogen and oxygen atoms in total. The quantitative estimate of drug-likeness (QED) is 0.620. The SMILES string of the molecule is CCN(CC)C/C=C/C#CC(C)(C)C. The molecule has 0 spiro atoms. The van der Waals surface area contributed by atoms with Crippen LogP contribution < -0.4 is 0 Å². The lowest BCUT2D eigenvalue weighted by molar-refractivity contribution is 0.337. The van der Waals surface area contributed by atoms with Crippen molar-refractivity contribution in [2.45, 2.75) is 34.6 Å². The van der Waals surface area contributed by atoms with E-state index in [0.29, 0.717) is 0 Å². The first-order valence-corrected chi connectivity index (χ1v) is 5.39. The highest BCUT2D eigenvalue weighted by Crippen LogP contribution is 2.09. The van der Waals surface area contributed by atoms with Gasteiger partial charge in [-0.15, -0.1) is 0 Å². The molecule has 0 fully saturated rings. The van der Waals surface area contributed by atoms with Crippen LogP contribution in [0.15, 0.2) is 12.2 Å². The molecule has 1 heteroatoms. The molecule has 0 N–H and O–H groups in total. The average Bonchev–Trinajstić information content (AvgIpc) is 2.09. The van der Waals surface area contributed by atoms with Gasteiger partial charge in [0.05, 0.1) is 0 Å². The van der Waals surface area contributed by atoms with Gasteiger partial charge in [-0.2, -0.15) is 0 Å². The van der Waals surface area contributed by atoms with Gasteiger partial charge in [-0.05, 0) is 39.9 Å². The Morgan fingerprint density at radius 2 is 1.71 bits per heavy atom. The van der Waals surface area contributed by atoms with Crippen molar-refractivity contribution in [3.63, 3.8) is 0 Å². The fourth-order valence-electron chi connectivity index (χ4n) is 1.00. The van der Waals surface area contributed by atoms with Crippen LogP contribution in [0.4, 0.5) is 0 Å². The molecule has 80 valence electrons. The summed E-state index contributed by atoms with van der Waals surface area (Å²) in [7, 11) is 0. The summed E-state index contributed by atoms with van der Waals surface area (Å²) in [6, 6.07) is 0. The topological polar surface area (TPSA) is 3.24 Å². The zero-order valence-electron chi connectivity index (χ0n) is 10.2. The molecule has 0 aromatic rings. The van der Waals surface area contributed by atoms with Crippen LogP contribution >= 0.6 is 0 Å². The van der Waals surface area contributed by atoms with E-state index in [0.717, 1.165) is 19.6 Å². The van der Waals surface area contributed by atoms with Gasteiger partial charge in [0.1, 0.15) is 0 Å². The molecule has 0 amide bonds. The number of likely N-dealkylation sites (N-methyl/N-ethyl adjacent to an activating group) is 1. The summed E-state index contributed by atoms with van der Waals surface area (Å²) < 4.78 is 0. The lowest BCUT2D eigenvalue weighted by Gasteiger charge is -2.14. The molecule has 0 saturated heterocycles. The predicted molar refractivity (Wildman–Crippen MR) is 64.2 cm³/mol. The first-order chi connectivity index (χ1) is 6.49. The summed E-state index contributed by atoms with van der Waals surface area (Å²) in [4.78, 5) is 2.36. The van der Waals surface area contributed by atoms with Crippen molar-refractivity contribution in [2.75, 3.05) is 19.6 Å². The molecule has 0 aliphatic heterocycles. The van der Waals surface area contributed by atoms with Gasteiger partial charge < -0.3 is 4.90 Å². The van der Waals surface area contributed by atoms with Crippen LogP contribution in [0.1, 0.15) is 34.6 Å². The first kappa shape index (κ1) is 13.3. The third-order valence-electron chi connectivity index (χ3n) is 1.91. The van der Waals surface area contributed by atoms with Crippen LogP contribution in [0.5, 0.6) is 0 Å². The highest BCUT2D eigenvalue weighted by Gasteiger charge is 2.02. The third-order valence-corrected chi connectivity index (χ3v) is 1.91. The van der Waals surface area contributed by atoms with Gasteiger partial charge in [-0.3, -0.25) is 0 Å². The summed E-state index contributed by atoms with van der Waals surface area (Å²) >= 11 is 0. The molecule has 0 bridgehead atoms. The second-order valence-electron chi connectivity index (χ2n) is 4.41. The summed E-state index contributed by atoms with van der Waals surface area (Å²) in [5.41, 5.74) is 0.111. The first-order valence-electron chi connectivity index (χ1n) is 5.39. The molecule has 0 atom stereocenters. The summed E-state index contributed by atoms with van der Waals surface area (Å²) in [5, 5.41) is 0. The fraction of sp³-hybridized carbons (Fsp3) is 0.692. The minimum Gasteiger partial charge on any atom is -0.300 e. The summed E-state index contributed by atoms with van der Waals surface area (Å²) in [6.07, 6.45) is 4.09. The van der Waals surface area contributed by atoms with Crippen molar-refractivity contribution in [1.29, 1.82) is 0 Å². The number of hydrogen-bond donors (Lipinski definition) is 0. The molecule has 0 aliphatic rings. The average molecular weight is 193 g/mol. The largest absolute Gasteiger partial charge is 0.300 e. The molecule has 0 unspecified atom stereocenters. The monoisotopic (exact) mass is 193 g/mol. The van der Waals surface area contributed by atoms with Gasteiger partial charge in [0, 0.05) is 12.0 Å². The number of nitrogens with zero attached hydrogens (tertiary/aromatic N) is 1. The molecule has 0 saturated carbocycles. The van der Waals surface area contributed by atoms with Crippen molar-refractivity contribution in [3.05, 3.63) is 12.2 Å². The number of rotatable bonds is 4. The van der Waals surface area contributed by atoms with Crippen LogP contribution in [0, 0.1) is 17.3 Å². The van der Waals surface area contributed by atoms with E-state index in [4.69, 9.17) is 0 Å². The minimum absolute atomic E-state index is 0.111. The Balaban J connectivity index is 3.88. The smallest absolute Gasteiger partial charge is 0.0233 e. The molecule has 14 heavy (non-hydrogen) atoms. The lowest BCUT2D eigenvalue weighted by atomic mass is 9.98. The van der Waals surface area contributed by atoms with E-state index in [2.05, 4.69) is 57.4 Å². The van der Waals surface area contributed by atoms with E-state index < -0.39 is 0 Å². The van der Waals surface area contributed by atoms with Crippen molar-refractivity contribution >= 4 is 0 Å². The molecular formula is C13H23N. The van der Waals surface area contributed by atoms with Gasteiger partial charge in [-0.1, -0.05) is 31.8 Å². The maximum atomic E-state index is 3.18. The van der Waals surface area contributed by atoms with E-state index in [1.165, 1.54) is 0 Å². The Hall–Kier alpha value is -0.740. The predicted octanol–water partition coefficient (Wildman–Crippen LogP) is 2.93. The zero-order chi connectivity index (χ0) is 11.0. The van der Waals surface area contributed by atoms with E-state index >= 15 is 0 Å². The van der Waals surface area contributed by atoms with Crippen LogP contribution in [0.25, 0.3) is 0 Å². The number of allylic oxidation sites excluding steroid dienone is 1. The normalized spacial score (nSPS) is 11.9. The second-order valence-corrected chi connectivity index (χ2v) is 4.41. The van der Waals surface area contributed by atoms with Crippen molar-refractivity contribution < 1.29 is 0 Å². The maximum Gasteiger partial charge on any atom is 0.0233 e. The van der Waals surface area contributed by atoms with Crippen molar-refractivity contribution in [3.8, 4) is 11.8 Å². The molecule has 0 aromatic heterocycles. The zero-order valence-corrected chi connectivity index (χ0v) is 10.2. The molecular weight excluding hydrogens is 170 g/mol. The molecule has 0 heterocycles. The highest BCUT2D eigenvalue weighted by atomic mass is 15.1. The van der Waals surface area contributed by atoms with E-state index in [1.54, 1.807) is 0 Å². The maximum absolute atomic E-state index is 3.18. The molecule has 0 aromatic carbocycles.